The van der Waals surface area contributed by atoms with E-state index in [1.165, 1.54) is 0 Å². The van der Waals surface area contributed by atoms with E-state index in [0.29, 0.717) is 44.8 Å². The van der Waals surface area contributed by atoms with E-state index in [9.17, 15) is 14.4 Å². The molecule has 3 aliphatic rings. The Balaban J connectivity index is 1.22. The highest BCUT2D eigenvalue weighted by atomic mass is 16.6. The van der Waals surface area contributed by atoms with E-state index in [1.54, 1.807) is 11.8 Å². The van der Waals surface area contributed by atoms with Crippen molar-refractivity contribution < 1.29 is 19.1 Å². The molecular weight excluding hydrogens is 536 g/mol. The van der Waals surface area contributed by atoms with Gasteiger partial charge in [-0.1, -0.05) is 0 Å². The summed E-state index contributed by atoms with van der Waals surface area (Å²) in [7, 11) is 0. The van der Waals surface area contributed by atoms with Crippen LogP contribution in [0.1, 0.15) is 63.0 Å². The van der Waals surface area contributed by atoms with E-state index in [1.807, 2.05) is 66.3 Å². The lowest BCUT2D eigenvalue weighted by Crippen LogP contribution is -2.46. The van der Waals surface area contributed by atoms with Gasteiger partial charge in [0.2, 0.25) is 0 Å². The molecule has 1 aromatic carbocycles. The number of piperazine rings is 1. The molecule has 11 nitrogen and oxygen atoms in total. The number of piperidine rings is 1. The summed E-state index contributed by atoms with van der Waals surface area (Å²) in [6, 6.07) is 11.8. The van der Waals surface area contributed by atoms with Crippen LogP contribution in [0, 0.1) is 0 Å². The average molecular weight is 577 g/mol. The summed E-state index contributed by atoms with van der Waals surface area (Å²) in [6.07, 6.45) is 1.01. The highest BCUT2D eigenvalue weighted by Gasteiger charge is 2.33. The molecule has 1 amide bonds. The second-order valence-electron chi connectivity index (χ2n) is 12.5. The maximum atomic E-state index is 13.9. The van der Waals surface area contributed by atoms with Gasteiger partial charge in [-0.05, 0) is 76.9 Å². The predicted octanol–water partition coefficient (Wildman–Crippen LogP) is 3.87. The number of likely N-dealkylation sites (tertiary alicyclic amines) is 1. The van der Waals surface area contributed by atoms with Crippen LogP contribution in [0.15, 0.2) is 41.2 Å². The summed E-state index contributed by atoms with van der Waals surface area (Å²) in [5.41, 5.74) is 2.75. The number of ether oxygens (including phenoxy) is 2. The Morgan fingerprint density at radius 1 is 0.857 bits per heavy atom. The lowest BCUT2D eigenvalue weighted by molar-refractivity contribution is -0.0234. The van der Waals surface area contributed by atoms with Gasteiger partial charge in [0.1, 0.15) is 11.4 Å². The number of nitrogens with zero attached hydrogens (tertiary/aromatic N) is 6. The minimum atomic E-state index is -0.547. The van der Waals surface area contributed by atoms with Gasteiger partial charge in [-0.25, -0.2) is 14.6 Å². The van der Waals surface area contributed by atoms with Crippen molar-refractivity contribution in [3.8, 4) is 0 Å². The second kappa shape index (κ2) is 11.1. The van der Waals surface area contributed by atoms with Crippen molar-refractivity contribution >= 4 is 34.5 Å². The minimum Gasteiger partial charge on any atom is -0.444 e. The number of hydrogen-bond donors (Lipinski definition) is 0. The Hall–Kier alpha value is -3.86. The van der Waals surface area contributed by atoms with E-state index >= 15 is 0 Å². The molecule has 3 saturated heterocycles. The molecule has 0 spiro atoms. The number of hydrogen-bond acceptors (Lipinski definition) is 8. The number of ketones is 1. The lowest BCUT2D eigenvalue weighted by atomic mass is 10.1. The fraction of sp³-hybridized carbons (Fsp3) is 0.548. The fourth-order valence-corrected chi connectivity index (χ4v) is 6.07. The number of imidazole rings is 1. The molecule has 11 heteroatoms. The molecule has 3 fully saturated rings. The Kier molecular flexibility index (Phi) is 7.46. The van der Waals surface area contributed by atoms with Crippen molar-refractivity contribution in [3.05, 3.63) is 52.4 Å². The number of rotatable bonds is 5. The zero-order valence-electron chi connectivity index (χ0n) is 24.9. The van der Waals surface area contributed by atoms with E-state index in [-0.39, 0.29) is 29.6 Å². The molecule has 0 bridgehead atoms. The van der Waals surface area contributed by atoms with Crippen LogP contribution in [0.2, 0.25) is 0 Å². The molecule has 0 radical (unpaired) electrons. The zero-order valence-corrected chi connectivity index (χ0v) is 24.9. The van der Waals surface area contributed by atoms with Crippen LogP contribution < -0.4 is 15.5 Å². The van der Waals surface area contributed by atoms with Gasteiger partial charge in [-0.2, -0.15) is 0 Å². The number of fused-ring (bicyclic) bond motifs is 1. The Bertz CT molecular complexity index is 1520. The van der Waals surface area contributed by atoms with Crippen LogP contribution in [0.4, 0.5) is 16.3 Å². The van der Waals surface area contributed by atoms with Gasteiger partial charge in [0.15, 0.2) is 11.4 Å². The van der Waals surface area contributed by atoms with Gasteiger partial charge in [0.25, 0.3) is 0 Å². The maximum absolute atomic E-state index is 13.9. The van der Waals surface area contributed by atoms with Crippen LogP contribution in [0.3, 0.4) is 0 Å². The van der Waals surface area contributed by atoms with Gasteiger partial charge in [-0.15, -0.1) is 0 Å². The van der Waals surface area contributed by atoms with E-state index in [0.717, 1.165) is 48.8 Å². The minimum absolute atomic E-state index is 0.00804. The zero-order chi connectivity index (χ0) is 29.6. The topological polar surface area (TPSA) is 102 Å². The molecule has 0 unspecified atom stereocenters. The summed E-state index contributed by atoms with van der Waals surface area (Å²) in [5, 5.41) is 0. The fourth-order valence-electron chi connectivity index (χ4n) is 6.07. The highest BCUT2D eigenvalue weighted by Crippen LogP contribution is 2.30. The first kappa shape index (κ1) is 28.3. The Morgan fingerprint density at radius 2 is 1.50 bits per heavy atom. The summed E-state index contributed by atoms with van der Waals surface area (Å²) in [5.74, 6) is 0.926. The van der Waals surface area contributed by atoms with Crippen molar-refractivity contribution in [3.63, 3.8) is 0 Å². The normalized spacial score (nSPS) is 18.8. The van der Waals surface area contributed by atoms with Gasteiger partial charge < -0.3 is 24.2 Å². The van der Waals surface area contributed by atoms with Gasteiger partial charge in [0, 0.05) is 56.6 Å². The van der Waals surface area contributed by atoms with Gasteiger partial charge in [0.05, 0.1) is 24.8 Å². The molecule has 5 heterocycles. The summed E-state index contributed by atoms with van der Waals surface area (Å²) < 4.78 is 14.7. The molecule has 0 saturated carbocycles. The van der Waals surface area contributed by atoms with Crippen LogP contribution in [0.5, 0.6) is 0 Å². The first-order chi connectivity index (χ1) is 20.1. The third-order valence-electron chi connectivity index (χ3n) is 8.45. The molecule has 6 rings (SSSR count). The van der Waals surface area contributed by atoms with E-state index in [2.05, 4.69) is 9.80 Å². The van der Waals surface area contributed by atoms with Crippen LogP contribution in [-0.4, -0.2) is 89.0 Å². The van der Waals surface area contributed by atoms with Crippen molar-refractivity contribution in [2.24, 2.45) is 0 Å². The summed E-state index contributed by atoms with van der Waals surface area (Å²) in [4.78, 5) is 49.6. The van der Waals surface area contributed by atoms with Crippen molar-refractivity contribution in [1.82, 2.24) is 19.0 Å². The van der Waals surface area contributed by atoms with Crippen LogP contribution in [0.25, 0.3) is 11.2 Å². The first-order valence-electron chi connectivity index (χ1n) is 14.9. The molecule has 42 heavy (non-hydrogen) atoms. The number of carbonyl (C=O) groups is 2. The average Bonchev–Trinajstić information content (AvgIpc) is 3.22. The molecular formula is C31H40N6O5. The summed E-state index contributed by atoms with van der Waals surface area (Å²) >= 11 is 0. The van der Waals surface area contributed by atoms with Crippen LogP contribution in [-0.2, 0) is 9.47 Å². The van der Waals surface area contributed by atoms with Gasteiger partial charge in [-0.3, -0.25) is 13.9 Å². The maximum Gasteiger partial charge on any atom is 0.410 e. The Labute approximate surface area is 245 Å². The SMILES string of the molecule is CC(=O)c1ccc(N2CCN(c3ccc4c(n3)n(C3CCN(C(=O)OC(C)(C)C)CC3)c(=O)n4C3COC3)CC2)cc1. The second-order valence-corrected chi connectivity index (χ2v) is 12.5. The third-order valence-corrected chi connectivity index (χ3v) is 8.45. The monoisotopic (exact) mass is 576 g/mol. The third kappa shape index (κ3) is 5.49. The van der Waals surface area contributed by atoms with Crippen molar-refractivity contribution in [2.45, 2.75) is 58.2 Å². The largest absolute Gasteiger partial charge is 0.444 e. The molecule has 3 aromatic rings. The quantitative estimate of drug-likeness (QED) is 0.422. The number of Topliss-reactive ketones (excluding diaryl/α,β-unsaturated/α-hetero) is 1. The number of pyridine rings is 1. The molecule has 0 N–H and O–H groups in total. The van der Waals surface area contributed by atoms with Crippen molar-refractivity contribution in [1.29, 1.82) is 0 Å². The lowest BCUT2D eigenvalue weighted by Gasteiger charge is -2.37. The van der Waals surface area contributed by atoms with Crippen molar-refractivity contribution in [2.75, 3.05) is 62.3 Å². The summed E-state index contributed by atoms with van der Waals surface area (Å²) in [6.45, 7) is 12.5. The molecule has 0 atom stereocenters. The molecule has 0 aliphatic carbocycles. The number of aromatic nitrogens is 3. The smallest absolute Gasteiger partial charge is 0.410 e. The molecule has 2 aromatic heterocycles. The van der Waals surface area contributed by atoms with E-state index < -0.39 is 5.60 Å². The predicted molar refractivity (Wildman–Crippen MR) is 161 cm³/mol. The van der Waals surface area contributed by atoms with Crippen LogP contribution >= 0.6 is 0 Å². The number of carbonyl (C=O) groups excluding carboxylic acids is 2. The Morgan fingerprint density at radius 3 is 2.07 bits per heavy atom. The van der Waals surface area contributed by atoms with E-state index in [4.69, 9.17) is 14.5 Å². The standard InChI is InChI=1S/C31H40N6O5/c1-21(38)22-5-7-23(8-6-22)33-15-17-34(18-16-33)27-10-9-26-28(32-27)37(29(39)36(26)25-19-41-20-25)24-11-13-35(14-12-24)30(40)42-31(2,3)4/h5-10,24-25H,11-20H2,1-4H3. The molecule has 3 aliphatic heterocycles. The molecule has 224 valence electrons. The van der Waals surface area contributed by atoms with Gasteiger partial charge >= 0.3 is 11.8 Å². The highest BCUT2D eigenvalue weighted by molar-refractivity contribution is 5.94. The first-order valence-corrected chi connectivity index (χ1v) is 14.9. The number of amides is 1. The number of benzene rings is 1. The number of anilines is 2.